The summed E-state index contributed by atoms with van der Waals surface area (Å²) in [6, 6.07) is 15.1. The first-order valence-electron chi connectivity index (χ1n) is 9.32. The third-order valence-electron chi connectivity index (χ3n) is 4.36. The number of guanidine groups is 1. The quantitative estimate of drug-likeness (QED) is 0.283. The molecule has 0 atom stereocenters. The minimum absolute atomic E-state index is 0. The van der Waals surface area contributed by atoms with Gasteiger partial charge in [-0.15, -0.1) is 24.0 Å². The Bertz CT molecular complexity index is 959. The van der Waals surface area contributed by atoms with Crippen molar-refractivity contribution < 1.29 is 9.13 Å². The van der Waals surface area contributed by atoms with Crippen molar-refractivity contribution in [2.75, 3.05) is 13.7 Å². The fraction of sp³-hybridized carbons (Fsp3) is 0.273. The highest BCUT2D eigenvalue weighted by atomic mass is 127. The lowest BCUT2D eigenvalue weighted by atomic mass is 10.1. The number of rotatable bonds is 7. The first-order valence-corrected chi connectivity index (χ1v) is 9.32. The summed E-state index contributed by atoms with van der Waals surface area (Å²) in [5.74, 6) is 0.449. The van der Waals surface area contributed by atoms with E-state index in [1.165, 1.54) is 6.07 Å². The monoisotopic (exact) mass is 508 g/mol. The van der Waals surface area contributed by atoms with Crippen molar-refractivity contribution in [3.63, 3.8) is 0 Å². The number of hydrogen-bond acceptors (Lipinski definition) is 3. The summed E-state index contributed by atoms with van der Waals surface area (Å²) >= 11 is 0. The van der Waals surface area contributed by atoms with E-state index in [0.717, 1.165) is 28.6 Å². The van der Waals surface area contributed by atoms with E-state index in [1.54, 1.807) is 19.2 Å². The zero-order valence-electron chi connectivity index (χ0n) is 16.6. The van der Waals surface area contributed by atoms with Gasteiger partial charge in [-0.2, -0.15) is 0 Å². The minimum Gasteiger partial charge on any atom is -0.380 e. The molecular weight excluding hydrogens is 482 g/mol. The number of hydrogen-bond donors (Lipinski definition) is 2. The van der Waals surface area contributed by atoms with Gasteiger partial charge in [0.2, 0.25) is 0 Å². The average molecular weight is 508 g/mol. The zero-order chi connectivity index (χ0) is 19.8. The van der Waals surface area contributed by atoms with Crippen LogP contribution in [0, 0.1) is 5.82 Å². The highest BCUT2D eigenvalue weighted by Crippen LogP contribution is 2.16. The number of aromatic nitrogens is 1. The van der Waals surface area contributed by atoms with Crippen LogP contribution in [0.3, 0.4) is 0 Å². The summed E-state index contributed by atoms with van der Waals surface area (Å²) < 4.78 is 18.8. The number of nitrogens with zero attached hydrogens (tertiary/aromatic N) is 2. The molecule has 0 spiro atoms. The van der Waals surface area contributed by atoms with Crippen LogP contribution in [0.5, 0.6) is 0 Å². The molecule has 2 aromatic carbocycles. The van der Waals surface area contributed by atoms with Crippen molar-refractivity contribution in [3.8, 4) is 0 Å². The molecule has 0 radical (unpaired) electrons. The van der Waals surface area contributed by atoms with Crippen LogP contribution in [-0.2, 0) is 24.4 Å². The maximum atomic E-state index is 13.8. The Hall–Kier alpha value is -2.26. The standard InChI is InChI=1S/C22H25FN4O.HI/c1-3-24-22(26-13-16-8-9-20(23)18(12-16)15-28-2)27-14-17-10-11-25-21-7-5-4-6-19(17)21;/h4-12H,3,13-15H2,1-2H3,(H2,24,26,27);1H. The maximum Gasteiger partial charge on any atom is 0.191 e. The second kappa shape index (κ2) is 11.7. The number of ether oxygens (including phenoxy) is 1. The molecule has 1 heterocycles. The van der Waals surface area contributed by atoms with Crippen LogP contribution in [0.2, 0.25) is 0 Å². The normalized spacial score (nSPS) is 11.2. The molecule has 0 saturated carbocycles. The lowest BCUT2D eigenvalue weighted by Crippen LogP contribution is -2.36. The van der Waals surface area contributed by atoms with E-state index in [1.807, 2.05) is 37.4 Å². The number of fused-ring (bicyclic) bond motifs is 1. The van der Waals surface area contributed by atoms with Crippen molar-refractivity contribution in [2.45, 2.75) is 26.6 Å². The van der Waals surface area contributed by atoms with Gasteiger partial charge in [0.25, 0.3) is 0 Å². The van der Waals surface area contributed by atoms with E-state index >= 15 is 0 Å². The van der Waals surface area contributed by atoms with Crippen molar-refractivity contribution in [1.82, 2.24) is 15.6 Å². The predicted octanol–water partition coefficient (Wildman–Crippen LogP) is 4.39. The number of benzene rings is 2. The summed E-state index contributed by atoms with van der Waals surface area (Å²) in [5, 5.41) is 7.73. The lowest BCUT2D eigenvalue weighted by molar-refractivity contribution is 0.181. The van der Waals surface area contributed by atoms with Gasteiger partial charge in [0.05, 0.1) is 18.7 Å². The topological polar surface area (TPSA) is 58.5 Å². The van der Waals surface area contributed by atoms with E-state index in [9.17, 15) is 4.39 Å². The zero-order valence-corrected chi connectivity index (χ0v) is 18.9. The van der Waals surface area contributed by atoms with Crippen molar-refractivity contribution in [1.29, 1.82) is 0 Å². The molecule has 5 nitrogen and oxygen atoms in total. The molecule has 3 rings (SSSR count). The summed E-state index contributed by atoms with van der Waals surface area (Å²) in [4.78, 5) is 9.02. The lowest BCUT2D eigenvalue weighted by Gasteiger charge is -2.13. The van der Waals surface area contributed by atoms with Crippen molar-refractivity contribution in [3.05, 3.63) is 77.2 Å². The third kappa shape index (κ3) is 6.37. The third-order valence-corrected chi connectivity index (χ3v) is 4.36. The van der Waals surface area contributed by atoms with E-state index in [2.05, 4.69) is 26.7 Å². The van der Waals surface area contributed by atoms with Gasteiger partial charge in [0.15, 0.2) is 5.96 Å². The molecule has 0 saturated heterocycles. The maximum absolute atomic E-state index is 13.8. The summed E-state index contributed by atoms with van der Waals surface area (Å²) in [7, 11) is 1.56. The van der Waals surface area contributed by atoms with Crippen LogP contribution < -0.4 is 10.6 Å². The average Bonchev–Trinajstić information content (AvgIpc) is 2.72. The molecule has 0 amide bonds. The van der Waals surface area contributed by atoms with Gasteiger partial charge < -0.3 is 15.4 Å². The summed E-state index contributed by atoms with van der Waals surface area (Å²) in [6.45, 7) is 4.10. The molecule has 0 aliphatic carbocycles. The SMILES string of the molecule is CCNC(=NCc1ccc(F)c(COC)c1)NCc1ccnc2ccccc12.I. The van der Waals surface area contributed by atoms with Gasteiger partial charge >= 0.3 is 0 Å². The molecule has 1 aromatic heterocycles. The molecule has 0 unspecified atom stereocenters. The molecule has 7 heteroatoms. The fourth-order valence-electron chi connectivity index (χ4n) is 2.99. The molecule has 154 valence electrons. The molecule has 29 heavy (non-hydrogen) atoms. The largest absolute Gasteiger partial charge is 0.380 e. The second-order valence-corrected chi connectivity index (χ2v) is 6.39. The molecule has 0 bridgehead atoms. The molecule has 0 aliphatic heterocycles. The first-order chi connectivity index (χ1) is 13.7. The Morgan fingerprint density at radius 1 is 1.10 bits per heavy atom. The van der Waals surface area contributed by atoms with Gasteiger partial charge in [-0.25, -0.2) is 9.38 Å². The van der Waals surface area contributed by atoms with Crippen LogP contribution in [0.1, 0.15) is 23.6 Å². The fourth-order valence-corrected chi connectivity index (χ4v) is 2.99. The van der Waals surface area contributed by atoms with Crippen LogP contribution in [0.4, 0.5) is 4.39 Å². The van der Waals surface area contributed by atoms with E-state index in [4.69, 9.17) is 4.74 Å². The van der Waals surface area contributed by atoms with Gasteiger partial charge in [-0.05, 0) is 42.3 Å². The van der Waals surface area contributed by atoms with Gasteiger partial charge in [-0.3, -0.25) is 4.98 Å². The molecule has 0 fully saturated rings. The number of aliphatic imine (C=N–C) groups is 1. The van der Waals surface area contributed by atoms with E-state index in [0.29, 0.717) is 24.6 Å². The smallest absolute Gasteiger partial charge is 0.191 e. The van der Waals surface area contributed by atoms with E-state index < -0.39 is 0 Å². The Morgan fingerprint density at radius 2 is 1.93 bits per heavy atom. The molecule has 0 aliphatic rings. The van der Waals surface area contributed by atoms with Gasteiger partial charge in [-0.1, -0.05) is 24.3 Å². The second-order valence-electron chi connectivity index (χ2n) is 6.39. The van der Waals surface area contributed by atoms with Gasteiger partial charge in [0, 0.05) is 37.3 Å². The Labute approximate surface area is 187 Å². The van der Waals surface area contributed by atoms with E-state index in [-0.39, 0.29) is 36.4 Å². The van der Waals surface area contributed by atoms with Crippen LogP contribution in [0.25, 0.3) is 10.9 Å². The molecule has 3 aromatic rings. The Balaban J connectivity index is 0.00000300. The van der Waals surface area contributed by atoms with Crippen molar-refractivity contribution >= 4 is 40.8 Å². The molecular formula is C22H26FIN4O. The molecule has 2 N–H and O–H groups in total. The number of nitrogens with one attached hydrogen (secondary N) is 2. The number of halogens is 2. The number of methoxy groups -OCH3 is 1. The highest BCUT2D eigenvalue weighted by molar-refractivity contribution is 14.0. The predicted molar refractivity (Wildman–Crippen MR) is 126 cm³/mol. The van der Waals surface area contributed by atoms with Gasteiger partial charge in [0.1, 0.15) is 5.82 Å². The summed E-state index contributed by atoms with van der Waals surface area (Å²) in [5.41, 5.74) is 3.59. The first kappa shape index (κ1) is 23.0. The Morgan fingerprint density at radius 3 is 2.72 bits per heavy atom. The number of pyridine rings is 1. The van der Waals surface area contributed by atoms with Crippen LogP contribution in [-0.4, -0.2) is 24.6 Å². The van der Waals surface area contributed by atoms with Crippen LogP contribution >= 0.6 is 24.0 Å². The minimum atomic E-state index is -0.260. The summed E-state index contributed by atoms with van der Waals surface area (Å²) in [6.07, 6.45) is 1.82. The van der Waals surface area contributed by atoms with Crippen LogP contribution in [0.15, 0.2) is 59.7 Å². The highest BCUT2D eigenvalue weighted by Gasteiger charge is 2.05. The Kier molecular flexibility index (Phi) is 9.27. The van der Waals surface area contributed by atoms with Crippen molar-refractivity contribution in [2.24, 2.45) is 4.99 Å². The number of para-hydroxylation sites is 1.